The Kier molecular flexibility index (Phi) is 3.80. The molecule has 0 radical (unpaired) electrons. The summed E-state index contributed by atoms with van der Waals surface area (Å²) in [6, 6.07) is 12.4. The number of nitro groups is 1. The van der Waals surface area contributed by atoms with Gasteiger partial charge in [-0.1, -0.05) is 24.3 Å². The minimum atomic E-state index is -0.401. The fourth-order valence-electron chi connectivity index (χ4n) is 1.80. The topological polar surface area (TPSA) is 52.4 Å². The average Bonchev–Trinajstić information content (AvgIpc) is 2.41. The third-order valence-electron chi connectivity index (χ3n) is 3.07. The van der Waals surface area contributed by atoms with Gasteiger partial charge in [-0.15, -0.1) is 0 Å². The van der Waals surface area contributed by atoms with E-state index in [2.05, 4.69) is 0 Å². The lowest BCUT2D eigenvalue weighted by molar-refractivity contribution is -0.384. The van der Waals surface area contributed by atoms with Crippen molar-refractivity contribution in [2.45, 2.75) is 20.5 Å². The Morgan fingerprint density at radius 1 is 1.16 bits per heavy atom. The summed E-state index contributed by atoms with van der Waals surface area (Å²) in [5.41, 5.74) is 3.13. The molecule has 0 saturated heterocycles. The van der Waals surface area contributed by atoms with E-state index in [4.69, 9.17) is 4.74 Å². The van der Waals surface area contributed by atoms with Crippen molar-refractivity contribution >= 4 is 5.69 Å². The Morgan fingerprint density at radius 2 is 1.89 bits per heavy atom. The molecule has 0 saturated carbocycles. The number of benzene rings is 2. The molecule has 4 heteroatoms. The van der Waals surface area contributed by atoms with E-state index in [1.54, 1.807) is 6.07 Å². The second kappa shape index (κ2) is 5.52. The maximum Gasteiger partial charge on any atom is 0.269 e. The Balaban J connectivity index is 2.12. The first-order valence-corrected chi connectivity index (χ1v) is 6.00. The third-order valence-corrected chi connectivity index (χ3v) is 3.07. The predicted octanol–water partition coefficient (Wildman–Crippen LogP) is 3.79. The van der Waals surface area contributed by atoms with Crippen molar-refractivity contribution < 1.29 is 9.66 Å². The molecule has 4 nitrogen and oxygen atoms in total. The average molecular weight is 257 g/mol. The molecule has 0 amide bonds. The minimum absolute atomic E-state index is 0.0852. The van der Waals surface area contributed by atoms with Gasteiger partial charge < -0.3 is 4.74 Å². The van der Waals surface area contributed by atoms with Gasteiger partial charge in [0.25, 0.3) is 5.69 Å². The van der Waals surface area contributed by atoms with Gasteiger partial charge in [0, 0.05) is 12.1 Å². The Hall–Kier alpha value is -2.36. The summed E-state index contributed by atoms with van der Waals surface area (Å²) in [4.78, 5) is 10.3. The van der Waals surface area contributed by atoms with Crippen molar-refractivity contribution in [2.24, 2.45) is 0 Å². The van der Waals surface area contributed by atoms with Crippen LogP contribution in [-0.4, -0.2) is 4.92 Å². The van der Waals surface area contributed by atoms with E-state index in [0.717, 1.165) is 22.4 Å². The molecule has 0 unspecified atom stereocenters. The fraction of sp³-hybridized carbons (Fsp3) is 0.200. The molecule has 0 aliphatic carbocycles. The van der Waals surface area contributed by atoms with Crippen molar-refractivity contribution in [2.75, 3.05) is 0 Å². The summed E-state index contributed by atoms with van der Waals surface area (Å²) in [6.45, 7) is 4.35. The van der Waals surface area contributed by atoms with Gasteiger partial charge in [0.05, 0.1) is 4.92 Å². The van der Waals surface area contributed by atoms with Crippen molar-refractivity contribution in [3.8, 4) is 5.75 Å². The highest BCUT2D eigenvalue weighted by Gasteiger charge is 2.07. The highest BCUT2D eigenvalue weighted by molar-refractivity contribution is 5.39. The molecular weight excluding hydrogens is 242 g/mol. The molecule has 0 atom stereocenters. The monoisotopic (exact) mass is 257 g/mol. The Morgan fingerprint density at radius 3 is 2.63 bits per heavy atom. The molecule has 0 bridgehead atoms. The number of hydrogen-bond donors (Lipinski definition) is 0. The zero-order valence-electron chi connectivity index (χ0n) is 10.9. The first-order chi connectivity index (χ1) is 9.08. The Labute approximate surface area is 111 Å². The molecule has 19 heavy (non-hydrogen) atoms. The molecule has 0 fully saturated rings. The largest absolute Gasteiger partial charge is 0.489 e. The standard InChI is InChI=1S/C15H15NO3/c1-11-5-3-8-15(12(11)2)19-10-13-6-4-7-14(9-13)16(17)18/h3-9H,10H2,1-2H3. The Bertz CT molecular complexity index is 608. The molecule has 2 aromatic carbocycles. The van der Waals surface area contributed by atoms with Crippen molar-refractivity contribution in [3.05, 3.63) is 69.3 Å². The predicted molar refractivity (Wildman–Crippen MR) is 73.3 cm³/mol. The maximum atomic E-state index is 10.7. The highest BCUT2D eigenvalue weighted by atomic mass is 16.6. The van der Waals surface area contributed by atoms with Gasteiger partial charge in [0.1, 0.15) is 12.4 Å². The first-order valence-electron chi connectivity index (χ1n) is 6.00. The summed E-state index contributed by atoms with van der Waals surface area (Å²) in [5.74, 6) is 0.812. The normalized spacial score (nSPS) is 10.2. The molecular formula is C15H15NO3. The van der Waals surface area contributed by atoms with Crippen molar-refractivity contribution in [3.63, 3.8) is 0 Å². The fourth-order valence-corrected chi connectivity index (χ4v) is 1.80. The van der Waals surface area contributed by atoms with Crippen molar-refractivity contribution in [1.29, 1.82) is 0 Å². The molecule has 0 N–H and O–H groups in total. The molecule has 0 aromatic heterocycles. The van der Waals surface area contributed by atoms with Crippen LogP contribution in [-0.2, 0) is 6.61 Å². The van der Waals surface area contributed by atoms with E-state index in [1.165, 1.54) is 12.1 Å². The quantitative estimate of drug-likeness (QED) is 0.618. The molecule has 98 valence electrons. The van der Waals surface area contributed by atoms with Crippen LogP contribution in [0.4, 0.5) is 5.69 Å². The van der Waals surface area contributed by atoms with Crippen LogP contribution < -0.4 is 4.74 Å². The summed E-state index contributed by atoms with van der Waals surface area (Å²) >= 11 is 0. The lowest BCUT2D eigenvalue weighted by atomic mass is 10.1. The van der Waals surface area contributed by atoms with Crippen LogP contribution in [0.1, 0.15) is 16.7 Å². The van der Waals surface area contributed by atoms with E-state index in [1.807, 2.05) is 38.1 Å². The highest BCUT2D eigenvalue weighted by Crippen LogP contribution is 2.22. The molecule has 0 aliphatic rings. The van der Waals surface area contributed by atoms with Crippen LogP contribution in [0.2, 0.25) is 0 Å². The van der Waals surface area contributed by atoms with Crippen LogP contribution in [0.25, 0.3) is 0 Å². The lowest BCUT2D eigenvalue weighted by Crippen LogP contribution is -1.98. The van der Waals surface area contributed by atoms with Gasteiger partial charge in [-0.05, 0) is 36.6 Å². The van der Waals surface area contributed by atoms with Crippen LogP contribution in [0, 0.1) is 24.0 Å². The van der Waals surface area contributed by atoms with E-state index < -0.39 is 4.92 Å². The number of nitrogens with zero attached hydrogens (tertiary/aromatic N) is 1. The van der Waals surface area contributed by atoms with E-state index in [0.29, 0.717) is 6.61 Å². The number of ether oxygens (including phenoxy) is 1. The van der Waals surface area contributed by atoms with Crippen LogP contribution in [0.3, 0.4) is 0 Å². The number of rotatable bonds is 4. The number of aryl methyl sites for hydroxylation is 1. The third kappa shape index (κ3) is 3.10. The van der Waals surface area contributed by atoms with E-state index >= 15 is 0 Å². The molecule has 0 aliphatic heterocycles. The van der Waals surface area contributed by atoms with Gasteiger partial charge in [0.2, 0.25) is 0 Å². The summed E-state index contributed by atoms with van der Waals surface area (Å²) in [7, 11) is 0. The lowest BCUT2D eigenvalue weighted by Gasteiger charge is -2.10. The van der Waals surface area contributed by atoms with Gasteiger partial charge in [-0.25, -0.2) is 0 Å². The number of non-ortho nitro benzene ring substituents is 1. The van der Waals surface area contributed by atoms with Crippen LogP contribution in [0.5, 0.6) is 5.75 Å². The van der Waals surface area contributed by atoms with Gasteiger partial charge >= 0.3 is 0 Å². The van der Waals surface area contributed by atoms with Crippen molar-refractivity contribution in [1.82, 2.24) is 0 Å². The zero-order chi connectivity index (χ0) is 13.8. The van der Waals surface area contributed by atoms with Gasteiger partial charge in [-0.2, -0.15) is 0 Å². The van der Waals surface area contributed by atoms with E-state index in [-0.39, 0.29) is 5.69 Å². The summed E-state index contributed by atoms with van der Waals surface area (Å²) < 4.78 is 5.72. The van der Waals surface area contributed by atoms with E-state index in [9.17, 15) is 10.1 Å². The maximum absolute atomic E-state index is 10.7. The second-order valence-electron chi connectivity index (χ2n) is 4.41. The SMILES string of the molecule is Cc1cccc(OCc2cccc([N+](=O)[O-])c2)c1C. The van der Waals surface area contributed by atoms with Gasteiger partial charge in [-0.3, -0.25) is 10.1 Å². The molecule has 0 heterocycles. The summed E-state index contributed by atoms with van der Waals surface area (Å²) in [5, 5.41) is 10.7. The minimum Gasteiger partial charge on any atom is -0.489 e. The zero-order valence-corrected chi connectivity index (χ0v) is 10.9. The summed E-state index contributed by atoms with van der Waals surface area (Å²) in [6.07, 6.45) is 0. The first kappa shape index (κ1) is 13.1. The van der Waals surface area contributed by atoms with Gasteiger partial charge in [0.15, 0.2) is 0 Å². The second-order valence-corrected chi connectivity index (χ2v) is 4.41. The smallest absolute Gasteiger partial charge is 0.269 e. The molecule has 0 spiro atoms. The van der Waals surface area contributed by atoms with Crippen LogP contribution >= 0.6 is 0 Å². The molecule has 2 aromatic rings. The van der Waals surface area contributed by atoms with Crippen LogP contribution in [0.15, 0.2) is 42.5 Å². The number of hydrogen-bond acceptors (Lipinski definition) is 3. The number of nitro benzene ring substituents is 1. The molecule has 2 rings (SSSR count).